The molecule has 3 rings (SSSR count). The summed E-state index contributed by atoms with van der Waals surface area (Å²) in [4.78, 5) is 34.5. The van der Waals surface area contributed by atoms with Crippen LogP contribution >= 0.6 is 0 Å². The average Bonchev–Trinajstić information content (AvgIpc) is 3.18. The Hall–Kier alpha value is -4.01. The van der Waals surface area contributed by atoms with Crippen molar-refractivity contribution in [3.05, 3.63) is 82.4 Å². The van der Waals surface area contributed by atoms with Crippen molar-refractivity contribution in [2.45, 2.75) is 13.0 Å². The number of anilines is 1. The maximum Gasteiger partial charge on any atom is 0.375 e. The van der Waals surface area contributed by atoms with Gasteiger partial charge in [-0.15, -0.1) is 0 Å². The van der Waals surface area contributed by atoms with Gasteiger partial charge in [-0.1, -0.05) is 6.07 Å². The number of non-ortho nitro benzene ring substituents is 1. The van der Waals surface area contributed by atoms with E-state index in [-0.39, 0.29) is 17.1 Å². The number of amides is 1. The number of carbonyl (C=O) groups excluding carboxylic acids is 2. The van der Waals surface area contributed by atoms with Crippen LogP contribution in [0.3, 0.4) is 0 Å². The Balaban J connectivity index is 1.63. The number of furan rings is 1. The average molecular weight is 398 g/mol. The van der Waals surface area contributed by atoms with Crippen molar-refractivity contribution in [2.24, 2.45) is 0 Å². The summed E-state index contributed by atoms with van der Waals surface area (Å²) in [5.74, 6) is -1.83. The van der Waals surface area contributed by atoms with Crippen molar-refractivity contribution < 1.29 is 28.1 Å². The van der Waals surface area contributed by atoms with Crippen LogP contribution in [0.5, 0.6) is 0 Å². The summed E-state index contributed by atoms with van der Waals surface area (Å²) in [6.07, 6.45) is -1.15. The van der Waals surface area contributed by atoms with E-state index in [2.05, 4.69) is 5.32 Å². The predicted molar refractivity (Wildman–Crippen MR) is 101 cm³/mol. The summed E-state index contributed by atoms with van der Waals surface area (Å²) in [5.41, 5.74) is 0.695. The highest BCUT2D eigenvalue weighted by Crippen LogP contribution is 2.25. The van der Waals surface area contributed by atoms with E-state index >= 15 is 0 Å². The lowest BCUT2D eigenvalue weighted by Crippen LogP contribution is -2.29. The SMILES string of the molecule is C[C@@H](OC(=O)c1ccc(-c2ccc([N+](=O)[O-])cc2)o1)C(=O)Nc1cccc(F)c1. The number of rotatable bonds is 6. The second-order valence-corrected chi connectivity index (χ2v) is 6.02. The monoisotopic (exact) mass is 398 g/mol. The third kappa shape index (κ3) is 4.83. The van der Waals surface area contributed by atoms with E-state index in [0.29, 0.717) is 11.3 Å². The van der Waals surface area contributed by atoms with Crippen LogP contribution in [0.25, 0.3) is 11.3 Å². The first-order valence-corrected chi connectivity index (χ1v) is 8.45. The molecule has 0 radical (unpaired) electrons. The largest absolute Gasteiger partial charge is 0.449 e. The summed E-state index contributed by atoms with van der Waals surface area (Å²) in [6.45, 7) is 1.37. The Bertz CT molecular complexity index is 1060. The van der Waals surface area contributed by atoms with Gasteiger partial charge in [0, 0.05) is 23.4 Å². The van der Waals surface area contributed by atoms with Crippen molar-refractivity contribution in [1.82, 2.24) is 0 Å². The van der Waals surface area contributed by atoms with Crippen LogP contribution in [0.15, 0.2) is 65.1 Å². The van der Waals surface area contributed by atoms with Crippen LogP contribution < -0.4 is 5.32 Å². The van der Waals surface area contributed by atoms with Crippen LogP contribution in [0.4, 0.5) is 15.8 Å². The van der Waals surface area contributed by atoms with Gasteiger partial charge < -0.3 is 14.5 Å². The molecule has 2 aromatic carbocycles. The summed E-state index contributed by atoms with van der Waals surface area (Å²) in [5, 5.41) is 13.1. The molecular formula is C20H15FN2O6. The Kier molecular flexibility index (Phi) is 5.68. The number of nitrogens with one attached hydrogen (secondary N) is 1. The second-order valence-electron chi connectivity index (χ2n) is 6.02. The number of hydrogen-bond acceptors (Lipinski definition) is 6. The van der Waals surface area contributed by atoms with Crippen molar-refractivity contribution >= 4 is 23.3 Å². The molecule has 0 fully saturated rings. The molecule has 8 nitrogen and oxygen atoms in total. The minimum absolute atomic E-state index is 0.0712. The number of ether oxygens (including phenoxy) is 1. The molecule has 1 atom stereocenters. The first kappa shape index (κ1) is 19.7. The maximum absolute atomic E-state index is 13.2. The van der Waals surface area contributed by atoms with E-state index in [0.717, 1.165) is 6.07 Å². The van der Waals surface area contributed by atoms with Crippen LogP contribution in [-0.2, 0) is 9.53 Å². The Morgan fingerprint density at radius 3 is 2.52 bits per heavy atom. The number of carbonyl (C=O) groups is 2. The van der Waals surface area contributed by atoms with Crippen molar-refractivity contribution in [3.63, 3.8) is 0 Å². The zero-order valence-electron chi connectivity index (χ0n) is 15.1. The zero-order chi connectivity index (χ0) is 21.0. The van der Waals surface area contributed by atoms with Gasteiger partial charge in [-0.3, -0.25) is 14.9 Å². The van der Waals surface area contributed by atoms with Crippen LogP contribution in [0.2, 0.25) is 0 Å². The van der Waals surface area contributed by atoms with E-state index < -0.39 is 28.7 Å². The Morgan fingerprint density at radius 2 is 1.86 bits per heavy atom. The molecule has 9 heteroatoms. The molecule has 3 aromatic rings. The molecule has 1 aromatic heterocycles. The number of halogens is 1. The molecule has 148 valence electrons. The fourth-order valence-electron chi connectivity index (χ4n) is 2.43. The van der Waals surface area contributed by atoms with Gasteiger partial charge in [0.05, 0.1) is 4.92 Å². The van der Waals surface area contributed by atoms with E-state index in [9.17, 15) is 24.1 Å². The maximum atomic E-state index is 13.2. The first-order valence-electron chi connectivity index (χ1n) is 8.45. The molecule has 1 amide bonds. The summed E-state index contributed by atoms with van der Waals surface area (Å²) in [6, 6.07) is 13.8. The number of esters is 1. The number of nitro benzene ring substituents is 1. The molecule has 0 unspecified atom stereocenters. The van der Waals surface area contributed by atoms with Gasteiger partial charge >= 0.3 is 5.97 Å². The van der Waals surface area contributed by atoms with Gasteiger partial charge in [0.2, 0.25) is 5.76 Å². The molecule has 0 saturated heterocycles. The quantitative estimate of drug-likeness (QED) is 0.379. The van der Waals surface area contributed by atoms with Gasteiger partial charge in [-0.2, -0.15) is 0 Å². The second kappa shape index (κ2) is 8.34. The third-order valence-electron chi connectivity index (χ3n) is 3.92. The molecule has 0 aliphatic heterocycles. The van der Waals surface area contributed by atoms with E-state index in [1.165, 1.54) is 61.5 Å². The van der Waals surface area contributed by atoms with E-state index in [1.54, 1.807) is 0 Å². The van der Waals surface area contributed by atoms with Crippen molar-refractivity contribution in [3.8, 4) is 11.3 Å². The van der Waals surface area contributed by atoms with Gasteiger partial charge in [-0.25, -0.2) is 9.18 Å². The molecule has 29 heavy (non-hydrogen) atoms. The number of nitrogens with zero attached hydrogens (tertiary/aromatic N) is 1. The van der Waals surface area contributed by atoms with Crippen LogP contribution in [0, 0.1) is 15.9 Å². The predicted octanol–water partition coefficient (Wildman–Crippen LogP) is 4.18. The first-order chi connectivity index (χ1) is 13.8. The van der Waals surface area contributed by atoms with E-state index in [1.807, 2.05) is 0 Å². The van der Waals surface area contributed by atoms with Crippen molar-refractivity contribution in [2.75, 3.05) is 5.32 Å². The summed E-state index contributed by atoms with van der Waals surface area (Å²) in [7, 11) is 0. The fourth-order valence-corrected chi connectivity index (χ4v) is 2.43. The van der Waals surface area contributed by atoms with Gasteiger partial charge in [0.1, 0.15) is 11.6 Å². The van der Waals surface area contributed by atoms with Gasteiger partial charge in [-0.05, 0) is 49.4 Å². The minimum Gasteiger partial charge on any atom is -0.449 e. The van der Waals surface area contributed by atoms with Gasteiger partial charge in [0.15, 0.2) is 6.10 Å². The topological polar surface area (TPSA) is 112 Å². The Labute approximate surface area is 164 Å². The minimum atomic E-state index is -1.15. The number of hydrogen-bond donors (Lipinski definition) is 1. The third-order valence-corrected chi connectivity index (χ3v) is 3.92. The molecule has 1 heterocycles. The van der Waals surface area contributed by atoms with E-state index in [4.69, 9.17) is 9.15 Å². The lowest BCUT2D eigenvalue weighted by Gasteiger charge is -2.12. The lowest BCUT2D eigenvalue weighted by molar-refractivity contribution is -0.384. The highest BCUT2D eigenvalue weighted by molar-refractivity contribution is 5.96. The molecule has 0 saturated carbocycles. The molecule has 0 aliphatic rings. The summed E-state index contributed by atoms with van der Waals surface area (Å²) < 4.78 is 23.7. The molecule has 0 spiro atoms. The zero-order valence-corrected chi connectivity index (χ0v) is 15.1. The smallest absolute Gasteiger partial charge is 0.375 e. The molecule has 0 aliphatic carbocycles. The van der Waals surface area contributed by atoms with Crippen molar-refractivity contribution in [1.29, 1.82) is 0 Å². The van der Waals surface area contributed by atoms with Crippen LogP contribution in [-0.4, -0.2) is 22.9 Å². The molecule has 1 N–H and O–H groups in total. The lowest BCUT2D eigenvalue weighted by atomic mass is 10.1. The number of benzene rings is 2. The highest BCUT2D eigenvalue weighted by Gasteiger charge is 2.22. The van der Waals surface area contributed by atoms with Crippen LogP contribution in [0.1, 0.15) is 17.5 Å². The normalized spacial score (nSPS) is 11.5. The number of nitro groups is 1. The molecule has 0 bridgehead atoms. The highest BCUT2D eigenvalue weighted by atomic mass is 19.1. The molecular weight excluding hydrogens is 383 g/mol. The Morgan fingerprint density at radius 1 is 1.14 bits per heavy atom. The fraction of sp³-hybridized carbons (Fsp3) is 0.100. The summed E-state index contributed by atoms with van der Waals surface area (Å²) >= 11 is 0. The van der Waals surface area contributed by atoms with Gasteiger partial charge in [0.25, 0.3) is 11.6 Å². The standard InChI is InChI=1S/C20H15FN2O6/c1-12(19(24)22-15-4-2-3-14(21)11-15)28-20(25)18-10-9-17(29-18)13-5-7-16(8-6-13)23(26)27/h2-12H,1H3,(H,22,24)/t12-/m1/s1.